The average molecular weight is 419 g/mol. The molecule has 0 aromatic heterocycles. The molecule has 0 aromatic rings. The number of esters is 4. The molecule has 0 radical (unpaired) electrons. The second kappa shape index (κ2) is 11.7. The molecule has 0 aliphatic heterocycles. The smallest absolute Gasteiger partial charge is 0.303 e. The van der Waals surface area contributed by atoms with E-state index in [-0.39, 0.29) is 0 Å². The summed E-state index contributed by atoms with van der Waals surface area (Å²) < 4.78 is 19.9. The van der Waals surface area contributed by atoms with Crippen LogP contribution in [0.2, 0.25) is 0 Å². The van der Waals surface area contributed by atoms with E-state index in [1.807, 2.05) is 0 Å². The van der Waals surface area contributed by atoms with Crippen molar-refractivity contribution in [2.75, 3.05) is 13.7 Å². The molecule has 0 spiro atoms. The number of hydrogen-bond donors (Lipinski definition) is 1. The number of carbonyl (C=O) groups is 6. The Morgan fingerprint density at radius 3 is 1.48 bits per heavy atom. The number of aliphatic hydroxyl groups is 1. The molecule has 0 aliphatic carbocycles. The van der Waals surface area contributed by atoms with Gasteiger partial charge in [0, 0.05) is 41.7 Å². The van der Waals surface area contributed by atoms with E-state index in [1.54, 1.807) is 0 Å². The molecule has 0 saturated heterocycles. The lowest BCUT2D eigenvalue weighted by atomic mass is 10.0. The SMILES string of the molecule is CC(=O)O[C@@H]([C@H](OC(C)=O)[C@@H](OC(C)=O)C(=O)N(C)C(C)=O)[C@@H](CO)OC(C)=O. The number of amides is 2. The highest BCUT2D eigenvalue weighted by Gasteiger charge is 2.47. The van der Waals surface area contributed by atoms with Gasteiger partial charge in [0.05, 0.1) is 6.61 Å². The van der Waals surface area contributed by atoms with Crippen LogP contribution in [0.1, 0.15) is 34.6 Å². The highest BCUT2D eigenvalue weighted by molar-refractivity contribution is 5.97. The Morgan fingerprint density at radius 2 is 1.14 bits per heavy atom. The van der Waals surface area contributed by atoms with E-state index in [4.69, 9.17) is 18.9 Å². The van der Waals surface area contributed by atoms with Crippen LogP contribution in [0.3, 0.4) is 0 Å². The van der Waals surface area contributed by atoms with Crippen LogP contribution < -0.4 is 0 Å². The van der Waals surface area contributed by atoms with Crippen molar-refractivity contribution in [2.45, 2.75) is 59.0 Å². The summed E-state index contributed by atoms with van der Waals surface area (Å²) in [7, 11) is 1.09. The van der Waals surface area contributed by atoms with Crippen LogP contribution in [-0.4, -0.2) is 83.8 Å². The molecule has 12 heteroatoms. The number of ether oxygens (including phenoxy) is 4. The summed E-state index contributed by atoms with van der Waals surface area (Å²) in [6, 6.07) is 0. The summed E-state index contributed by atoms with van der Waals surface area (Å²) in [5.41, 5.74) is 0. The third-order valence-corrected chi connectivity index (χ3v) is 3.43. The van der Waals surface area contributed by atoms with Gasteiger partial charge in [0.1, 0.15) is 0 Å². The second-order valence-corrected chi connectivity index (χ2v) is 5.92. The minimum atomic E-state index is -1.95. The minimum Gasteiger partial charge on any atom is -0.456 e. The zero-order valence-corrected chi connectivity index (χ0v) is 17.0. The van der Waals surface area contributed by atoms with Gasteiger partial charge in [-0.25, -0.2) is 0 Å². The van der Waals surface area contributed by atoms with Crippen LogP contribution in [0.4, 0.5) is 0 Å². The molecule has 0 aromatic carbocycles. The monoisotopic (exact) mass is 419 g/mol. The largest absolute Gasteiger partial charge is 0.456 e. The molecule has 0 saturated carbocycles. The van der Waals surface area contributed by atoms with E-state index in [0.717, 1.165) is 41.7 Å². The third kappa shape index (κ3) is 8.68. The van der Waals surface area contributed by atoms with Gasteiger partial charge in [-0.2, -0.15) is 0 Å². The number of likely N-dealkylation sites (N-methyl/N-ethyl adjacent to an activating group) is 1. The summed E-state index contributed by atoms with van der Waals surface area (Å²) in [5.74, 6) is -5.59. The predicted octanol–water partition coefficient (Wildman–Crippen LogP) is -1.29. The number of aliphatic hydroxyl groups excluding tert-OH is 1. The van der Waals surface area contributed by atoms with Gasteiger partial charge in [-0.05, 0) is 0 Å². The molecule has 0 heterocycles. The summed E-state index contributed by atoms with van der Waals surface area (Å²) >= 11 is 0. The van der Waals surface area contributed by atoms with Crippen molar-refractivity contribution in [1.82, 2.24) is 4.90 Å². The van der Waals surface area contributed by atoms with E-state index in [0.29, 0.717) is 4.90 Å². The van der Waals surface area contributed by atoms with Crippen LogP contribution in [0.5, 0.6) is 0 Å². The van der Waals surface area contributed by atoms with Crippen LogP contribution in [0.25, 0.3) is 0 Å². The fourth-order valence-electron chi connectivity index (χ4n) is 2.24. The van der Waals surface area contributed by atoms with Crippen molar-refractivity contribution < 1.29 is 52.8 Å². The molecule has 164 valence electrons. The molecule has 0 fully saturated rings. The first-order valence-electron chi connectivity index (χ1n) is 8.39. The van der Waals surface area contributed by atoms with Crippen LogP contribution in [-0.2, 0) is 47.7 Å². The number of carbonyl (C=O) groups excluding carboxylic acids is 6. The molecule has 0 unspecified atom stereocenters. The van der Waals surface area contributed by atoms with Crippen molar-refractivity contribution >= 4 is 35.7 Å². The fourth-order valence-corrected chi connectivity index (χ4v) is 2.24. The number of imide groups is 1. The van der Waals surface area contributed by atoms with E-state index in [9.17, 15) is 33.9 Å². The molecule has 12 nitrogen and oxygen atoms in total. The molecular weight excluding hydrogens is 394 g/mol. The van der Waals surface area contributed by atoms with Gasteiger partial charge in [-0.1, -0.05) is 0 Å². The lowest BCUT2D eigenvalue weighted by molar-refractivity contribution is -0.203. The molecule has 0 bridgehead atoms. The zero-order chi connectivity index (χ0) is 22.9. The minimum absolute atomic E-state index is 0.592. The van der Waals surface area contributed by atoms with Crippen LogP contribution in [0.15, 0.2) is 0 Å². The van der Waals surface area contributed by atoms with Crippen molar-refractivity contribution in [2.24, 2.45) is 0 Å². The highest BCUT2D eigenvalue weighted by Crippen LogP contribution is 2.21. The standard InChI is InChI=1S/C17H25NO11/c1-8(20)18(6)17(25)16(29-12(5)24)15(28-11(4)23)14(27-10(3)22)13(7-19)26-9(2)21/h13-16,19H,7H2,1-6H3/t13-,14-,15+,16-/m1/s1. The first-order chi connectivity index (χ1) is 13.3. The molecule has 0 aliphatic rings. The maximum atomic E-state index is 12.7. The average Bonchev–Trinajstić information content (AvgIpc) is 2.58. The summed E-state index contributed by atoms with van der Waals surface area (Å²) in [5, 5.41) is 9.57. The lowest BCUT2D eigenvalue weighted by Crippen LogP contribution is -2.57. The van der Waals surface area contributed by atoms with E-state index >= 15 is 0 Å². The number of hydrogen-bond acceptors (Lipinski definition) is 11. The first kappa shape index (κ1) is 26.0. The Kier molecular flexibility index (Phi) is 10.5. The summed E-state index contributed by atoms with van der Waals surface area (Å²) in [4.78, 5) is 70.9. The van der Waals surface area contributed by atoms with Gasteiger partial charge in [-0.15, -0.1) is 0 Å². The quantitative estimate of drug-likeness (QED) is 0.349. The Morgan fingerprint density at radius 1 is 0.724 bits per heavy atom. The Hall–Kier alpha value is -3.02. The van der Waals surface area contributed by atoms with Crippen molar-refractivity contribution in [3.05, 3.63) is 0 Å². The van der Waals surface area contributed by atoms with Gasteiger partial charge < -0.3 is 24.1 Å². The van der Waals surface area contributed by atoms with Gasteiger partial charge >= 0.3 is 23.9 Å². The van der Waals surface area contributed by atoms with Crippen molar-refractivity contribution in [3.8, 4) is 0 Å². The predicted molar refractivity (Wildman–Crippen MR) is 92.8 cm³/mol. The molecule has 4 atom stereocenters. The molecular formula is C17H25NO11. The van der Waals surface area contributed by atoms with Crippen LogP contribution in [0, 0.1) is 0 Å². The third-order valence-electron chi connectivity index (χ3n) is 3.43. The maximum absolute atomic E-state index is 12.7. The zero-order valence-electron chi connectivity index (χ0n) is 17.0. The van der Waals surface area contributed by atoms with Crippen molar-refractivity contribution in [1.29, 1.82) is 0 Å². The fraction of sp³-hybridized carbons (Fsp3) is 0.647. The molecule has 29 heavy (non-hydrogen) atoms. The first-order valence-corrected chi connectivity index (χ1v) is 8.39. The topological polar surface area (TPSA) is 163 Å². The molecule has 0 rings (SSSR count). The van der Waals surface area contributed by atoms with E-state index in [1.165, 1.54) is 0 Å². The van der Waals surface area contributed by atoms with Gasteiger partial charge in [0.2, 0.25) is 12.0 Å². The summed E-state index contributed by atoms with van der Waals surface area (Å²) in [6.07, 6.45) is -7.10. The van der Waals surface area contributed by atoms with Crippen molar-refractivity contribution in [3.63, 3.8) is 0 Å². The van der Waals surface area contributed by atoms with Gasteiger partial charge in [-0.3, -0.25) is 33.7 Å². The number of rotatable bonds is 9. The molecule has 2 amide bonds. The van der Waals surface area contributed by atoms with Gasteiger partial charge in [0.25, 0.3) is 5.91 Å². The van der Waals surface area contributed by atoms with Gasteiger partial charge in [0.15, 0.2) is 18.3 Å². The lowest BCUT2D eigenvalue weighted by Gasteiger charge is -2.35. The Balaban J connectivity index is 6.40. The Labute approximate surface area is 167 Å². The maximum Gasteiger partial charge on any atom is 0.303 e. The summed E-state index contributed by atoms with van der Waals surface area (Å²) in [6.45, 7) is 4.06. The highest BCUT2D eigenvalue weighted by atomic mass is 16.6. The number of nitrogens with zero attached hydrogens (tertiary/aromatic N) is 1. The van der Waals surface area contributed by atoms with E-state index in [2.05, 4.69) is 0 Å². The second-order valence-electron chi connectivity index (χ2n) is 5.92. The van der Waals surface area contributed by atoms with E-state index < -0.39 is 66.7 Å². The normalized spacial score (nSPS) is 14.4. The van der Waals surface area contributed by atoms with Crippen LogP contribution >= 0.6 is 0 Å². The molecule has 1 N–H and O–H groups in total. The Bertz CT molecular complexity index is 660.